The number of benzene rings is 2. The van der Waals surface area contributed by atoms with Gasteiger partial charge in [0.05, 0.1) is 11.2 Å². The van der Waals surface area contributed by atoms with Gasteiger partial charge in [-0.3, -0.25) is 14.2 Å². The number of hydrogen-bond donors (Lipinski definition) is 1. The predicted octanol–water partition coefficient (Wildman–Crippen LogP) is 3.92. The highest BCUT2D eigenvalue weighted by Crippen LogP contribution is 2.19. The van der Waals surface area contributed by atoms with Gasteiger partial charge in [0.25, 0.3) is 5.56 Å². The van der Waals surface area contributed by atoms with E-state index in [4.69, 9.17) is 0 Å². The normalized spacial score (nSPS) is 11.1. The van der Waals surface area contributed by atoms with Gasteiger partial charge in [-0.25, -0.2) is 13.8 Å². The van der Waals surface area contributed by atoms with Crippen LogP contribution in [0.15, 0.2) is 57.4 Å². The molecular weight excluding hydrogens is 417 g/mol. The first-order chi connectivity index (χ1) is 14.8. The minimum atomic E-state index is -0.592. The molecule has 2 heterocycles. The monoisotopic (exact) mass is 437 g/mol. The van der Waals surface area contributed by atoms with Crippen molar-refractivity contribution in [1.29, 1.82) is 0 Å². The molecule has 0 spiro atoms. The quantitative estimate of drug-likeness (QED) is 0.526. The van der Waals surface area contributed by atoms with Gasteiger partial charge in [-0.15, -0.1) is 11.3 Å². The third kappa shape index (κ3) is 3.82. The molecule has 0 saturated heterocycles. The average molecular weight is 437 g/mol. The van der Waals surface area contributed by atoms with Gasteiger partial charge in [0, 0.05) is 5.69 Å². The first kappa shape index (κ1) is 20.7. The van der Waals surface area contributed by atoms with Crippen LogP contribution in [0.1, 0.15) is 16.7 Å². The van der Waals surface area contributed by atoms with Crippen molar-refractivity contribution in [2.24, 2.45) is 0 Å². The fourth-order valence-corrected chi connectivity index (χ4v) is 4.26. The number of amides is 1. The van der Waals surface area contributed by atoms with Crippen LogP contribution in [-0.4, -0.2) is 15.0 Å². The molecule has 0 saturated carbocycles. The Labute approximate surface area is 181 Å². The summed E-state index contributed by atoms with van der Waals surface area (Å²) in [6, 6.07) is 11.1. The first-order valence-electron chi connectivity index (χ1n) is 9.63. The maximum absolute atomic E-state index is 13.3. The van der Waals surface area contributed by atoms with Crippen LogP contribution in [0.4, 0.5) is 10.1 Å². The number of nitrogens with one attached hydrogen (secondary N) is 1. The van der Waals surface area contributed by atoms with Crippen molar-refractivity contribution in [2.75, 3.05) is 5.32 Å². The molecule has 0 bridgehead atoms. The lowest BCUT2D eigenvalue weighted by molar-refractivity contribution is -0.116. The summed E-state index contributed by atoms with van der Waals surface area (Å²) in [6.45, 7) is 5.25. The molecule has 2 aromatic heterocycles. The molecule has 0 unspecified atom stereocenters. The van der Waals surface area contributed by atoms with Crippen LogP contribution in [0.25, 0.3) is 15.9 Å². The van der Waals surface area contributed by atoms with E-state index in [0.717, 1.165) is 15.7 Å². The van der Waals surface area contributed by atoms with E-state index in [-0.39, 0.29) is 6.54 Å². The van der Waals surface area contributed by atoms with Gasteiger partial charge in [-0.1, -0.05) is 6.07 Å². The molecular formula is C23H20FN3O3S. The highest BCUT2D eigenvalue weighted by Gasteiger charge is 2.18. The zero-order valence-electron chi connectivity index (χ0n) is 17.2. The SMILES string of the molecule is Cc1ccc(-n2c(=O)c3sccc3n(CC(=O)Nc3ccc(F)cc3C)c2=O)cc1C. The van der Waals surface area contributed by atoms with E-state index < -0.39 is 23.0 Å². The third-order valence-electron chi connectivity index (χ3n) is 5.27. The Bertz CT molecular complexity index is 1450. The largest absolute Gasteiger partial charge is 0.336 e. The van der Waals surface area contributed by atoms with E-state index in [2.05, 4.69) is 5.32 Å². The van der Waals surface area contributed by atoms with Crippen LogP contribution in [0.3, 0.4) is 0 Å². The summed E-state index contributed by atoms with van der Waals surface area (Å²) >= 11 is 1.22. The number of nitrogens with zero attached hydrogens (tertiary/aromatic N) is 2. The molecule has 1 N–H and O–H groups in total. The minimum Gasteiger partial charge on any atom is -0.324 e. The Morgan fingerprint density at radius 2 is 1.77 bits per heavy atom. The van der Waals surface area contributed by atoms with Crippen molar-refractivity contribution in [3.8, 4) is 5.69 Å². The summed E-state index contributed by atoms with van der Waals surface area (Å²) in [5.41, 5.74) is 2.89. The number of fused-ring (bicyclic) bond motifs is 1. The number of carbonyl (C=O) groups excluding carboxylic acids is 1. The first-order valence-corrected chi connectivity index (χ1v) is 10.5. The summed E-state index contributed by atoms with van der Waals surface area (Å²) in [5.74, 6) is -0.846. The van der Waals surface area contributed by atoms with Crippen molar-refractivity contribution < 1.29 is 9.18 Å². The van der Waals surface area contributed by atoms with Crippen molar-refractivity contribution in [2.45, 2.75) is 27.3 Å². The molecule has 6 nitrogen and oxygen atoms in total. The maximum Gasteiger partial charge on any atom is 0.336 e. The van der Waals surface area contributed by atoms with Crippen molar-refractivity contribution in [1.82, 2.24) is 9.13 Å². The van der Waals surface area contributed by atoms with Gasteiger partial charge >= 0.3 is 5.69 Å². The average Bonchev–Trinajstić information content (AvgIpc) is 3.20. The lowest BCUT2D eigenvalue weighted by atomic mass is 10.1. The van der Waals surface area contributed by atoms with Gasteiger partial charge < -0.3 is 5.32 Å². The maximum atomic E-state index is 13.3. The lowest BCUT2D eigenvalue weighted by Gasteiger charge is -2.14. The molecule has 2 aromatic carbocycles. The lowest BCUT2D eigenvalue weighted by Crippen LogP contribution is -2.40. The molecule has 4 aromatic rings. The second kappa shape index (κ2) is 7.96. The topological polar surface area (TPSA) is 73.1 Å². The highest BCUT2D eigenvalue weighted by molar-refractivity contribution is 7.17. The molecule has 0 fully saturated rings. The standard InChI is InChI=1S/C23H20FN3O3S/c1-13-4-6-17(11-14(13)2)27-22(29)21-19(8-9-31-21)26(23(27)30)12-20(28)25-18-7-5-16(24)10-15(18)3/h4-11H,12H2,1-3H3,(H,25,28). The highest BCUT2D eigenvalue weighted by atomic mass is 32.1. The van der Waals surface area contributed by atoms with Gasteiger partial charge in [0.1, 0.15) is 17.1 Å². The molecule has 0 radical (unpaired) electrons. The molecule has 0 aliphatic rings. The van der Waals surface area contributed by atoms with Crippen molar-refractivity contribution >= 4 is 33.1 Å². The van der Waals surface area contributed by atoms with Crippen molar-refractivity contribution in [3.63, 3.8) is 0 Å². The third-order valence-corrected chi connectivity index (χ3v) is 6.16. The van der Waals surface area contributed by atoms with Gasteiger partial charge in [0.15, 0.2) is 0 Å². The summed E-state index contributed by atoms with van der Waals surface area (Å²) in [6.07, 6.45) is 0. The predicted molar refractivity (Wildman–Crippen MR) is 121 cm³/mol. The minimum absolute atomic E-state index is 0.284. The van der Waals surface area contributed by atoms with E-state index in [0.29, 0.717) is 27.2 Å². The number of rotatable bonds is 4. The molecule has 8 heteroatoms. The molecule has 0 aliphatic carbocycles. The van der Waals surface area contributed by atoms with E-state index in [9.17, 15) is 18.8 Å². The van der Waals surface area contributed by atoms with Crippen LogP contribution >= 0.6 is 11.3 Å². The second-order valence-electron chi connectivity index (χ2n) is 7.42. The Kier molecular flexibility index (Phi) is 5.32. The summed E-state index contributed by atoms with van der Waals surface area (Å²) < 4.78 is 16.1. The van der Waals surface area contributed by atoms with Crippen molar-refractivity contribution in [3.05, 3.63) is 91.2 Å². The fourth-order valence-electron chi connectivity index (χ4n) is 3.43. The summed E-state index contributed by atoms with van der Waals surface area (Å²) in [4.78, 5) is 39.1. The fraction of sp³-hybridized carbons (Fsp3) is 0.174. The Hall–Kier alpha value is -3.52. The van der Waals surface area contributed by atoms with Crippen LogP contribution in [-0.2, 0) is 11.3 Å². The van der Waals surface area contributed by atoms with Gasteiger partial charge in [-0.2, -0.15) is 0 Å². The number of carbonyl (C=O) groups is 1. The van der Waals surface area contributed by atoms with E-state index in [1.165, 1.54) is 34.1 Å². The Balaban J connectivity index is 1.80. The molecule has 0 atom stereocenters. The van der Waals surface area contributed by atoms with E-state index >= 15 is 0 Å². The number of hydrogen-bond acceptors (Lipinski definition) is 4. The van der Waals surface area contributed by atoms with Gasteiger partial charge in [-0.05, 0) is 79.2 Å². The summed E-state index contributed by atoms with van der Waals surface area (Å²) in [5, 5.41) is 4.43. The molecule has 4 rings (SSSR count). The molecule has 0 aliphatic heterocycles. The molecule has 1 amide bonds. The number of thiophene rings is 1. The molecule has 31 heavy (non-hydrogen) atoms. The molecule has 158 valence electrons. The van der Waals surface area contributed by atoms with E-state index in [1.54, 1.807) is 30.5 Å². The second-order valence-corrected chi connectivity index (χ2v) is 8.34. The van der Waals surface area contributed by atoms with Gasteiger partial charge in [0.2, 0.25) is 5.91 Å². The number of anilines is 1. The zero-order chi connectivity index (χ0) is 22.3. The number of aryl methyl sites for hydroxylation is 3. The number of halogens is 1. The smallest absolute Gasteiger partial charge is 0.324 e. The Morgan fingerprint density at radius 3 is 2.48 bits per heavy atom. The Morgan fingerprint density at radius 1 is 1.00 bits per heavy atom. The van der Waals surface area contributed by atoms with E-state index in [1.807, 2.05) is 19.9 Å². The van der Waals surface area contributed by atoms with Crippen LogP contribution in [0.2, 0.25) is 0 Å². The van der Waals surface area contributed by atoms with Crippen LogP contribution in [0, 0.1) is 26.6 Å². The number of aromatic nitrogens is 2. The van der Waals surface area contributed by atoms with Crippen LogP contribution < -0.4 is 16.6 Å². The zero-order valence-corrected chi connectivity index (χ0v) is 18.0. The van der Waals surface area contributed by atoms with Crippen LogP contribution in [0.5, 0.6) is 0 Å². The summed E-state index contributed by atoms with van der Waals surface area (Å²) in [7, 11) is 0.